The second-order valence-corrected chi connectivity index (χ2v) is 1.46. The number of allylic oxidation sites excluding steroid dienone is 2. The van der Waals surface area contributed by atoms with Crippen molar-refractivity contribution < 1.29 is 5.11 Å². The van der Waals surface area contributed by atoms with E-state index in [9.17, 15) is 0 Å². The zero-order chi connectivity index (χ0) is 5.54. The van der Waals surface area contributed by atoms with Crippen LogP contribution in [0.3, 0.4) is 0 Å². The predicted molar refractivity (Wildman–Crippen MR) is 34.3 cm³/mol. The summed E-state index contributed by atoms with van der Waals surface area (Å²) in [7, 11) is 0. The molecule has 40 valence electrons. The third-order valence-electron chi connectivity index (χ3n) is 0.425. The van der Waals surface area contributed by atoms with E-state index in [4.69, 9.17) is 5.11 Å². The van der Waals surface area contributed by atoms with Crippen LogP contribution in [0.15, 0.2) is 23.2 Å². The van der Waals surface area contributed by atoms with E-state index in [0.29, 0.717) is 0 Å². The van der Waals surface area contributed by atoms with Gasteiger partial charge in [0.1, 0.15) is 0 Å². The topological polar surface area (TPSA) is 20.2 Å². The standard InChI is InChI=1S/C5H7BrO/c6-4-2-1-3-5-7/h1-4,7H,5H2/b3-1+,4-2+. The fraction of sp³-hybridized carbons (Fsp3) is 0.200. The maximum absolute atomic E-state index is 8.16. The van der Waals surface area contributed by atoms with Crippen molar-refractivity contribution in [2.75, 3.05) is 6.61 Å². The van der Waals surface area contributed by atoms with E-state index in [2.05, 4.69) is 15.9 Å². The molecule has 0 aliphatic rings. The van der Waals surface area contributed by atoms with Gasteiger partial charge in [-0.05, 0) is 4.99 Å². The lowest BCUT2D eigenvalue weighted by Crippen LogP contribution is -1.66. The molecule has 0 atom stereocenters. The van der Waals surface area contributed by atoms with Crippen LogP contribution in [0.4, 0.5) is 0 Å². The molecule has 0 unspecified atom stereocenters. The summed E-state index contributed by atoms with van der Waals surface area (Å²) < 4.78 is 0. The van der Waals surface area contributed by atoms with Crippen molar-refractivity contribution in [3.63, 3.8) is 0 Å². The molecule has 0 heterocycles. The molecule has 0 bridgehead atoms. The second kappa shape index (κ2) is 5.92. The van der Waals surface area contributed by atoms with Gasteiger partial charge in [-0.25, -0.2) is 0 Å². The molecule has 0 spiro atoms. The first-order valence-corrected chi connectivity index (χ1v) is 2.86. The van der Waals surface area contributed by atoms with Gasteiger partial charge in [0.05, 0.1) is 6.61 Å². The lowest BCUT2D eigenvalue weighted by molar-refractivity contribution is 0.343. The van der Waals surface area contributed by atoms with E-state index in [1.54, 1.807) is 23.2 Å². The van der Waals surface area contributed by atoms with Crippen LogP contribution in [0, 0.1) is 0 Å². The lowest BCUT2D eigenvalue weighted by Gasteiger charge is -1.70. The predicted octanol–water partition coefficient (Wildman–Crippen LogP) is 1.44. The third kappa shape index (κ3) is 5.92. The van der Waals surface area contributed by atoms with E-state index in [-0.39, 0.29) is 6.61 Å². The van der Waals surface area contributed by atoms with Crippen molar-refractivity contribution in [3.05, 3.63) is 23.2 Å². The highest BCUT2D eigenvalue weighted by molar-refractivity contribution is 9.11. The van der Waals surface area contributed by atoms with Crippen LogP contribution in [0.2, 0.25) is 0 Å². The van der Waals surface area contributed by atoms with Crippen LogP contribution in [-0.2, 0) is 0 Å². The zero-order valence-corrected chi connectivity index (χ0v) is 5.43. The van der Waals surface area contributed by atoms with Gasteiger partial charge in [0.15, 0.2) is 0 Å². The molecule has 0 radical (unpaired) electrons. The van der Waals surface area contributed by atoms with Gasteiger partial charge in [-0.2, -0.15) is 0 Å². The van der Waals surface area contributed by atoms with Gasteiger partial charge in [0.2, 0.25) is 0 Å². The smallest absolute Gasteiger partial charge is 0.0615 e. The molecule has 0 aromatic carbocycles. The van der Waals surface area contributed by atoms with Crippen LogP contribution >= 0.6 is 15.9 Å². The highest BCUT2D eigenvalue weighted by atomic mass is 79.9. The minimum Gasteiger partial charge on any atom is -0.392 e. The maximum atomic E-state index is 8.16. The minimum absolute atomic E-state index is 0.108. The number of rotatable bonds is 2. The molecular formula is C5H7BrO. The summed E-state index contributed by atoms with van der Waals surface area (Å²) in [6, 6.07) is 0. The van der Waals surface area contributed by atoms with E-state index in [0.717, 1.165) is 0 Å². The van der Waals surface area contributed by atoms with Gasteiger partial charge in [0.25, 0.3) is 0 Å². The molecule has 0 fully saturated rings. The normalized spacial score (nSPS) is 11.7. The molecule has 7 heavy (non-hydrogen) atoms. The summed E-state index contributed by atoms with van der Waals surface area (Å²) in [6.07, 6.45) is 5.20. The molecule has 0 aliphatic heterocycles. The molecule has 0 aliphatic carbocycles. The Balaban J connectivity index is 3.09. The Morgan fingerprint density at radius 3 is 2.57 bits per heavy atom. The summed E-state index contributed by atoms with van der Waals surface area (Å²) >= 11 is 3.07. The molecule has 0 aromatic rings. The summed E-state index contributed by atoms with van der Waals surface area (Å²) in [4.78, 5) is 1.72. The third-order valence-corrected chi connectivity index (χ3v) is 0.731. The van der Waals surface area contributed by atoms with Gasteiger partial charge < -0.3 is 5.11 Å². The van der Waals surface area contributed by atoms with Crippen molar-refractivity contribution in [2.24, 2.45) is 0 Å². The van der Waals surface area contributed by atoms with Crippen LogP contribution in [0.5, 0.6) is 0 Å². The monoisotopic (exact) mass is 162 g/mol. The summed E-state index contributed by atoms with van der Waals surface area (Å²) in [5, 5.41) is 8.16. The molecular weight excluding hydrogens is 156 g/mol. The fourth-order valence-corrected chi connectivity index (χ4v) is 0.358. The molecule has 0 saturated carbocycles. The number of aliphatic hydroxyl groups excluding tert-OH is 1. The summed E-state index contributed by atoms with van der Waals surface area (Å²) in [6.45, 7) is 0.108. The van der Waals surface area contributed by atoms with Gasteiger partial charge in [-0.15, -0.1) is 0 Å². The van der Waals surface area contributed by atoms with Crippen LogP contribution in [0.25, 0.3) is 0 Å². The van der Waals surface area contributed by atoms with Crippen molar-refractivity contribution in [3.8, 4) is 0 Å². The first-order valence-electron chi connectivity index (χ1n) is 1.94. The molecule has 2 heteroatoms. The number of aliphatic hydroxyl groups is 1. The first kappa shape index (κ1) is 6.92. The van der Waals surface area contributed by atoms with Gasteiger partial charge in [-0.3, -0.25) is 0 Å². The quantitative estimate of drug-likeness (QED) is 0.610. The molecule has 0 rings (SSSR count). The van der Waals surface area contributed by atoms with Gasteiger partial charge in [0, 0.05) is 0 Å². The highest BCUT2D eigenvalue weighted by Gasteiger charge is 1.59. The number of hydrogen-bond acceptors (Lipinski definition) is 1. The maximum Gasteiger partial charge on any atom is 0.0615 e. The van der Waals surface area contributed by atoms with Crippen LogP contribution < -0.4 is 0 Å². The molecule has 0 amide bonds. The second-order valence-electron chi connectivity index (χ2n) is 0.929. The Kier molecular flexibility index (Phi) is 5.85. The number of hydrogen-bond donors (Lipinski definition) is 1. The Morgan fingerprint density at radius 2 is 2.14 bits per heavy atom. The fourth-order valence-electron chi connectivity index (χ4n) is 0.181. The zero-order valence-electron chi connectivity index (χ0n) is 3.84. The van der Waals surface area contributed by atoms with E-state index < -0.39 is 0 Å². The van der Waals surface area contributed by atoms with Crippen LogP contribution in [0.1, 0.15) is 0 Å². The molecule has 0 saturated heterocycles. The number of halogens is 1. The van der Waals surface area contributed by atoms with Gasteiger partial charge >= 0.3 is 0 Å². The molecule has 1 nitrogen and oxygen atoms in total. The average Bonchev–Trinajstić information content (AvgIpc) is 1.69. The minimum atomic E-state index is 0.108. The van der Waals surface area contributed by atoms with Crippen LogP contribution in [-0.4, -0.2) is 11.7 Å². The van der Waals surface area contributed by atoms with E-state index >= 15 is 0 Å². The molecule has 0 aromatic heterocycles. The first-order chi connectivity index (χ1) is 3.41. The summed E-state index contributed by atoms with van der Waals surface area (Å²) in [5.41, 5.74) is 0. The highest BCUT2D eigenvalue weighted by Crippen LogP contribution is 1.82. The average molecular weight is 163 g/mol. The van der Waals surface area contributed by atoms with E-state index in [1.165, 1.54) is 0 Å². The largest absolute Gasteiger partial charge is 0.392 e. The van der Waals surface area contributed by atoms with Crippen molar-refractivity contribution >= 4 is 15.9 Å². The Labute approximate surface area is 51.5 Å². The Bertz CT molecular complexity index is 76.1. The molecule has 1 N–H and O–H groups in total. The Hall–Kier alpha value is -0.0800. The Morgan fingerprint density at radius 1 is 1.43 bits per heavy atom. The van der Waals surface area contributed by atoms with Crippen molar-refractivity contribution in [1.29, 1.82) is 0 Å². The van der Waals surface area contributed by atoms with E-state index in [1.807, 2.05) is 0 Å². The van der Waals surface area contributed by atoms with Crippen molar-refractivity contribution in [1.82, 2.24) is 0 Å². The lowest BCUT2D eigenvalue weighted by atomic mass is 10.5. The van der Waals surface area contributed by atoms with Gasteiger partial charge in [-0.1, -0.05) is 34.2 Å². The SMILES string of the molecule is OC/C=C/C=C/Br. The summed E-state index contributed by atoms with van der Waals surface area (Å²) in [5.74, 6) is 0. The van der Waals surface area contributed by atoms with Crippen molar-refractivity contribution in [2.45, 2.75) is 0 Å².